The summed E-state index contributed by atoms with van der Waals surface area (Å²) in [6, 6.07) is 25.3. The second kappa shape index (κ2) is 8.95. The number of hydrogen-bond acceptors (Lipinski definition) is 2. The summed E-state index contributed by atoms with van der Waals surface area (Å²) in [5.74, 6) is -0.905. The van der Waals surface area contributed by atoms with Gasteiger partial charge in [-0.3, -0.25) is 4.99 Å². The van der Waals surface area contributed by atoms with E-state index >= 15 is 0 Å². The van der Waals surface area contributed by atoms with E-state index in [1.54, 1.807) is 6.21 Å². The Morgan fingerprint density at radius 3 is 2.11 bits per heavy atom. The SMILES string of the molecule is CCc1ccccc1CC(N=Cc1ccc(-c2ccccc2)cc1)C(=O)O. The van der Waals surface area contributed by atoms with Gasteiger partial charge in [-0.1, -0.05) is 85.8 Å². The fourth-order valence-corrected chi connectivity index (χ4v) is 3.08. The Bertz CT molecular complexity index is 915. The molecule has 0 aliphatic rings. The summed E-state index contributed by atoms with van der Waals surface area (Å²) in [7, 11) is 0. The third-order valence-corrected chi connectivity index (χ3v) is 4.62. The van der Waals surface area contributed by atoms with Crippen molar-refractivity contribution in [3.8, 4) is 11.1 Å². The lowest BCUT2D eigenvalue weighted by molar-refractivity contribution is -0.138. The number of aliphatic carboxylic acids is 1. The van der Waals surface area contributed by atoms with Crippen LogP contribution in [-0.2, 0) is 17.6 Å². The van der Waals surface area contributed by atoms with E-state index in [4.69, 9.17) is 0 Å². The maximum Gasteiger partial charge on any atom is 0.328 e. The Labute approximate surface area is 160 Å². The van der Waals surface area contributed by atoms with Gasteiger partial charge in [-0.25, -0.2) is 4.79 Å². The first kappa shape index (κ1) is 18.6. The normalized spacial score (nSPS) is 12.2. The molecule has 1 N–H and O–H groups in total. The molecule has 0 fully saturated rings. The summed E-state index contributed by atoms with van der Waals surface area (Å²) in [5.41, 5.74) is 5.39. The standard InChI is InChI=1S/C24H23NO2/c1-2-19-8-6-7-11-22(19)16-23(24(26)27)25-17-18-12-14-21(15-13-18)20-9-4-3-5-10-20/h3-15,17,23H,2,16H2,1H3,(H,26,27). The minimum atomic E-state index is -0.905. The highest BCUT2D eigenvalue weighted by atomic mass is 16.4. The van der Waals surface area contributed by atoms with Crippen molar-refractivity contribution in [2.45, 2.75) is 25.8 Å². The van der Waals surface area contributed by atoms with Crippen LogP contribution in [0.25, 0.3) is 11.1 Å². The first-order chi connectivity index (χ1) is 13.2. The highest BCUT2D eigenvalue weighted by Crippen LogP contribution is 2.19. The zero-order valence-corrected chi connectivity index (χ0v) is 15.4. The fraction of sp³-hybridized carbons (Fsp3) is 0.167. The van der Waals surface area contributed by atoms with Crippen LogP contribution < -0.4 is 0 Å². The van der Waals surface area contributed by atoms with Crippen molar-refractivity contribution in [2.75, 3.05) is 0 Å². The molecule has 0 spiro atoms. The number of rotatable bonds is 7. The van der Waals surface area contributed by atoms with Crippen molar-refractivity contribution in [1.29, 1.82) is 0 Å². The maximum absolute atomic E-state index is 11.7. The molecule has 3 nitrogen and oxygen atoms in total. The molecule has 0 heterocycles. The Kier molecular flexibility index (Phi) is 6.16. The maximum atomic E-state index is 11.7. The van der Waals surface area contributed by atoms with Gasteiger partial charge in [-0.15, -0.1) is 0 Å². The van der Waals surface area contributed by atoms with E-state index in [1.165, 1.54) is 5.56 Å². The van der Waals surface area contributed by atoms with Crippen molar-refractivity contribution in [1.82, 2.24) is 0 Å². The van der Waals surface area contributed by atoms with Crippen molar-refractivity contribution >= 4 is 12.2 Å². The Hall–Kier alpha value is -3.20. The number of nitrogens with zero attached hydrogens (tertiary/aromatic N) is 1. The van der Waals surface area contributed by atoms with Gasteiger partial charge in [-0.05, 0) is 34.2 Å². The van der Waals surface area contributed by atoms with E-state index in [0.29, 0.717) is 6.42 Å². The first-order valence-corrected chi connectivity index (χ1v) is 9.15. The molecule has 0 aromatic heterocycles. The summed E-state index contributed by atoms with van der Waals surface area (Å²) < 4.78 is 0. The largest absolute Gasteiger partial charge is 0.480 e. The van der Waals surface area contributed by atoms with Crippen LogP contribution in [0.5, 0.6) is 0 Å². The monoisotopic (exact) mass is 357 g/mol. The van der Waals surface area contributed by atoms with Crippen LogP contribution in [0.4, 0.5) is 0 Å². The van der Waals surface area contributed by atoms with E-state index in [0.717, 1.165) is 28.7 Å². The van der Waals surface area contributed by atoms with E-state index in [-0.39, 0.29) is 0 Å². The summed E-state index contributed by atoms with van der Waals surface area (Å²) in [6.07, 6.45) is 2.94. The van der Waals surface area contributed by atoms with Crippen LogP contribution in [0.2, 0.25) is 0 Å². The van der Waals surface area contributed by atoms with E-state index in [9.17, 15) is 9.90 Å². The molecule has 0 bridgehead atoms. The van der Waals surface area contributed by atoms with Gasteiger partial charge in [0.2, 0.25) is 0 Å². The van der Waals surface area contributed by atoms with Gasteiger partial charge >= 0.3 is 5.97 Å². The summed E-state index contributed by atoms with van der Waals surface area (Å²) in [5, 5.41) is 9.56. The van der Waals surface area contributed by atoms with Crippen molar-refractivity contribution < 1.29 is 9.90 Å². The van der Waals surface area contributed by atoms with Crippen LogP contribution in [-0.4, -0.2) is 23.3 Å². The molecule has 3 heteroatoms. The number of carboxylic acid groups (broad SMARTS) is 1. The molecule has 27 heavy (non-hydrogen) atoms. The fourth-order valence-electron chi connectivity index (χ4n) is 3.08. The minimum Gasteiger partial charge on any atom is -0.480 e. The van der Waals surface area contributed by atoms with E-state index < -0.39 is 12.0 Å². The van der Waals surface area contributed by atoms with Crippen molar-refractivity contribution in [3.63, 3.8) is 0 Å². The molecule has 136 valence electrons. The van der Waals surface area contributed by atoms with E-state index in [2.05, 4.69) is 24.0 Å². The Morgan fingerprint density at radius 2 is 1.48 bits per heavy atom. The van der Waals surface area contributed by atoms with E-state index in [1.807, 2.05) is 66.7 Å². The molecule has 0 amide bonds. The number of hydrogen-bond donors (Lipinski definition) is 1. The van der Waals surface area contributed by atoms with Crippen LogP contribution in [0.3, 0.4) is 0 Å². The Morgan fingerprint density at radius 1 is 0.889 bits per heavy atom. The van der Waals surface area contributed by atoms with Gasteiger partial charge < -0.3 is 5.11 Å². The molecule has 3 aromatic carbocycles. The third-order valence-electron chi connectivity index (χ3n) is 4.62. The molecule has 1 atom stereocenters. The van der Waals surface area contributed by atoms with Gasteiger partial charge in [0, 0.05) is 12.6 Å². The predicted octanol–water partition coefficient (Wildman–Crippen LogP) is 5.03. The average molecular weight is 357 g/mol. The number of carboxylic acids is 1. The highest BCUT2D eigenvalue weighted by molar-refractivity contribution is 5.84. The zero-order valence-electron chi connectivity index (χ0n) is 15.4. The number of aliphatic imine (C=N–C) groups is 1. The summed E-state index contributed by atoms with van der Waals surface area (Å²) >= 11 is 0. The number of benzene rings is 3. The molecule has 0 saturated heterocycles. The van der Waals surface area contributed by atoms with Gasteiger partial charge in [0.05, 0.1) is 0 Å². The number of carbonyl (C=O) groups is 1. The first-order valence-electron chi connectivity index (χ1n) is 9.15. The molecular formula is C24H23NO2. The van der Waals surface area contributed by atoms with Crippen LogP contribution >= 0.6 is 0 Å². The third kappa shape index (κ3) is 4.91. The second-order valence-electron chi connectivity index (χ2n) is 6.45. The Balaban J connectivity index is 1.74. The van der Waals surface area contributed by atoms with Crippen LogP contribution in [0.1, 0.15) is 23.6 Å². The van der Waals surface area contributed by atoms with Crippen LogP contribution in [0, 0.1) is 0 Å². The van der Waals surface area contributed by atoms with Gasteiger partial charge in [0.15, 0.2) is 6.04 Å². The molecule has 0 aliphatic carbocycles. The molecular weight excluding hydrogens is 334 g/mol. The molecule has 0 radical (unpaired) electrons. The lowest BCUT2D eigenvalue weighted by Gasteiger charge is -2.11. The quantitative estimate of drug-likeness (QED) is 0.603. The minimum absolute atomic E-state index is 0.401. The smallest absolute Gasteiger partial charge is 0.328 e. The zero-order chi connectivity index (χ0) is 19.1. The van der Waals surface area contributed by atoms with Crippen molar-refractivity contribution in [2.24, 2.45) is 4.99 Å². The summed E-state index contributed by atoms with van der Waals surface area (Å²) in [6.45, 7) is 2.08. The van der Waals surface area contributed by atoms with Crippen molar-refractivity contribution in [3.05, 3.63) is 95.6 Å². The predicted molar refractivity (Wildman–Crippen MR) is 110 cm³/mol. The average Bonchev–Trinajstić information content (AvgIpc) is 2.72. The van der Waals surface area contributed by atoms with Gasteiger partial charge in [0.25, 0.3) is 0 Å². The van der Waals surface area contributed by atoms with Gasteiger partial charge in [-0.2, -0.15) is 0 Å². The summed E-state index contributed by atoms with van der Waals surface area (Å²) in [4.78, 5) is 16.0. The van der Waals surface area contributed by atoms with Gasteiger partial charge in [0.1, 0.15) is 0 Å². The molecule has 3 aromatic rings. The highest BCUT2D eigenvalue weighted by Gasteiger charge is 2.17. The lowest BCUT2D eigenvalue weighted by Crippen LogP contribution is -2.21. The molecule has 1 unspecified atom stereocenters. The van der Waals surface area contributed by atoms with Crippen LogP contribution in [0.15, 0.2) is 83.9 Å². The number of aryl methyl sites for hydroxylation is 1. The topological polar surface area (TPSA) is 49.7 Å². The molecule has 0 saturated carbocycles. The lowest BCUT2D eigenvalue weighted by atomic mass is 9.99. The molecule has 0 aliphatic heterocycles. The molecule has 3 rings (SSSR count). The second-order valence-corrected chi connectivity index (χ2v) is 6.45.